The number of likely N-dealkylation sites (N-methyl/N-ethyl adjacent to an activating group) is 1. The summed E-state index contributed by atoms with van der Waals surface area (Å²) in [6.07, 6.45) is 7.02. The number of hydrogen-bond donors (Lipinski definition) is 2. The summed E-state index contributed by atoms with van der Waals surface area (Å²) in [5.41, 5.74) is 0.730. The number of aromatic amines is 1. The van der Waals surface area contributed by atoms with Crippen LogP contribution in [0.25, 0.3) is 6.08 Å². The molecule has 3 heteroatoms. The summed E-state index contributed by atoms with van der Waals surface area (Å²) in [7, 11) is 1.86. The lowest BCUT2D eigenvalue weighted by Crippen LogP contribution is -2.05. The summed E-state index contributed by atoms with van der Waals surface area (Å²) in [6.45, 7) is 0.772. The van der Waals surface area contributed by atoms with Gasteiger partial charge in [0.25, 0.3) is 0 Å². The Bertz CT molecular complexity index is 314. The van der Waals surface area contributed by atoms with Crippen molar-refractivity contribution in [3.63, 3.8) is 0 Å². The van der Waals surface area contributed by atoms with Crippen LogP contribution in [0.3, 0.4) is 0 Å². The van der Waals surface area contributed by atoms with Gasteiger partial charge in [-0.15, -0.1) is 0 Å². The third kappa shape index (κ3) is 2.36. The smallest absolute Gasteiger partial charge is 0.188 e. The standard InChI is InChI=1S/C9H12N2O/c1-10-5-2-3-8-7-11-6-4-9(8)12/h2-4,6-7,10H,5H2,1H3,(H,11,12). The Labute approximate surface area is 71.1 Å². The molecule has 12 heavy (non-hydrogen) atoms. The summed E-state index contributed by atoms with van der Waals surface area (Å²) in [5, 5.41) is 2.96. The van der Waals surface area contributed by atoms with E-state index >= 15 is 0 Å². The van der Waals surface area contributed by atoms with E-state index in [1.165, 1.54) is 6.07 Å². The van der Waals surface area contributed by atoms with Crippen LogP contribution in [0.5, 0.6) is 0 Å². The lowest BCUT2D eigenvalue weighted by atomic mass is 10.2. The van der Waals surface area contributed by atoms with Crippen molar-refractivity contribution in [2.45, 2.75) is 0 Å². The minimum atomic E-state index is 0.0427. The van der Waals surface area contributed by atoms with E-state index in [0.29, 0.717) is 5.56 Å². The number of nitrogens with one attached hydrogen (secondary N) is 2. The Morgan fingerprint density at radius 2 is 2.50 bits per heavy atom. The van der Waals surface area contributed by atoms with Crippen molar-refractivity contribution < 1.29 is 0 Å². The summed E-state index contributed by atoms with van der Waals surface area (Å²) in [4.78, 5) is 14.0. The fourth-order valence-electron chi connectivity index (χ4n) is 0.863. The zero-order chi connectivity index (χ0) is 8.81. The number of pyridine rings is 1. The van der Waals surface area contributed by atoms with E-state index in [1.54, 1.807) is 18.5 Å². The Balaban J connectivity index is 2.76. The third-order valence-corrected chi connectivity index (χ3v) is 1.47. The maximum atomic E-state index is 11.1. The first-order valence-electron chi connectivity index (χ1n) is 3.83. The van der Waals surface area contributed by atoms with Gasteiger partial charge in [-0.2, -0.15) is 0 Å². The van der Waals surface area contributed by atoms with E-state index in [-0.39, 0.29) is 5.43 Å². The summed E-state index contributed by atoms with van der Waals surface area (Å²) in [5.74, 6) is 0. The van der Waals surface area contributed by atoms with Gasteiger partial charge in [0.2, 0.25) is 0 Å². The predicted octanol–water partition coefficient (Wildman–Crippen LogP) is 0.608. The van der Waals surface area contributed by atoms with Gasteiger partial charge in [0, 0.05) is 30.6 Å². The van der Waals surface area contributed by atoms with Crippen LogP contribution in [-0.2, 0) is 0 Å². The lowest BCUT2D eigenvalue weighted by molar-refractivity contribution is 0.922. The van der Waals surface area contributed by atoms with Crippen LogP contribution >= 0.6 is 0 Å². The molecule has 1 aromatic rings. The van der Waals surface area contributed by atoms with E-state index in [4.69, 9.17) is 0 Å². The number of hydrogen-bond acceptors (Lipinski definition) is 2. The van der Waals surface area contributed by atoms with Gasteiger partial charge < -0.3 is 10.3 Å². The van der Waals surface area contributed by atoms with Gasteiger partial charge in [-0.3, -0.25) is 4.79 Å². The SMILES string of the molecule is CNCC=Cc1c[nH]ccc1=O. The molecule has 64 valence electrons. The molecule has 0 radical (unpaired) electrons. The minimum absolute atomic E-state index is 0.0427. The van der Waals surface area contributed by atoms with Gasteiger partial charge in [0.15, 0.2) is 5.43 Å². The predicted molar refractivity (Wildman–Crippen MR) is 50.0 cm³/mol. The largest absolute Gasteiger partial charge is 0.367 e. The number of H-pyrrole nitrogens is 1. The second-order valence-electron chi connectivity index (χ2n) is 2.42. The minimum Gasteiger partial charge on any atom is -0.367 e. The Hall–Kier alpha value is -1.35. The first-order valence-corrected chi connectivity index (χ1v) is 3.83. The molecule has 0 aliphatic carbocycles. The lowest BCUT2D eigenvalue weighted by Gasteiger charge is -1.90. The number of rotatable bonds is 3. The highest BCUT2D eigenvalue weighted by Gasteiger charge is 1.89. The summed E-state index contributed by atoms with van der Waals surface area (Å²) >= 11 is 0. The summed E-state index contributed by atoms with van der Waals surface area (Å²) < 4.78 is 0. The molecule has 0 aromatic carbocycles. The molecule has 0 aliphatic rings. The molecule has 1 aromatic heterocycles. The van der Waals surface area contributed by atoms with Crippen LogP contribution < -0.4 is 10.7 Å². The first kappa shape index (κ1) is 8.74. The second kappa shape index (κ2) is 4.51. The fourth-order valence-corrected chi connectivity index (χ4v) is 0.863. The second-order valence-corrected chi connectivity index (χ2v) is 2.42. The topological polar surface area (TPSA) is 44.9 Å². The zero-order valence-electron chi connectivity index (χ0n) is 7.00. The summed E-state index contributed by atoms with van der Waals surface area (Å²) in [6, 6.07) is 1.51. The highest BCUT2D eigenvalue weighted by molar-refractivity contribution is 5.47. The molecule has 1 rings (SSSR count). The average molecular weight is 164 g/mol. The number of aromatic nitrogens is 1. The van der Waals surface area contributed by atoms with Gasteiger partial charge in [-0.1, -0.05) is 12.2 Å². The van der Waals surface area contributed by atoms with Crippen molar-refractivity contribution in [2.75, 3.05) is 13.6 Å². The van der Waals surface area contributed by atoms with Crippen molar-refractivity contribution in [3.05, 3.63) is 40.3 Å². The molecular formula is C9H12N2O. The quantitative estimate of drug-likeness (QED) is 0.687. The Kier molecular flexibility index (Phi) is 3.29. The molecule has 3 nitrogen and oxygen atoms in total. The van der Waals surface area contributed by atoms with Crippen LogP contribution in [-0.4, -0.2) is 18.6 Å². The molecule has 1 heterocycles. The third-order valence-electron chi connectivity index (χ3n) is 1.47. The van der Waals surface area contributed by atoms with E-state index in [0.717, 1.165) is 6.54 Å². The molecule has 0 aliphatic heterocycles. The Morgan fingerprint density at radius 1 is 1.67 bits per heavy atom. The monoisotopic (exact) mass is 164 g/mol. The highest BCUT2D eigenvalue weighted by Crippen LogP contribution is 1.90. The van der Waals surface area contributed by atoms with Crippen molar-refractivity contribution in [1.29, 1.82) is 0 Å². The van der Waals surface area contributed by atoms with Crippen LogP contribution in [0.15, 0.2) is 29.3 Å². The van der Waals surface area contributed by atoms with E-state index in [1.807, 2.05) is 13.1 Å². The maximum Gasteiger partial charge on any atom is 0.188 e. The molecule has 2 N–H and O–H groups in total. The maximum absolute atomic E-state index is 11.1. The molecule has 0 saturated heterocycles. The van der Waals surface area contributed by atoms with Gasteiger partial charge in [-0.05, 0) is 7.05 Å². The molecule has 0 bridgehead atoms. The van der Waals surface area contributed by atoms with Crippen molar-refractivity contribution in [2.24, 2.45) is 0 Å². The van der Waals surface area contributed by atoms with E-state index in [2.05, 4.69) is 10.3 Å². The molecule has 0 spiro atoms. The highest BCUT2D eigenvalue weighted by atomic mass is 16.1. The van der Waals surface area contributed by atoms with E-state index in [9.17, 15) is 4.79 Å². The van der Waals surface area contributed by atoms with Crippen LogP contribution in [0.4, 0.5) is 0 Å². The zero-order valence-corrected chi connectivity index (χ0v) is 7.00. The van der Waals surface area contributed by atoms with Crippen LogP contribution in [0.2, 0.25) is 0 Å². The van der Waals surface area contributed by atoms with Crippen molar-refractivity contribution in [1.82, 2.24) is 10.3 Å². The van der Waals surface area contributed by atoms with Gasteiger partial charge in [0.05, 0.1) is 0 Å². The molecule has 0 amide bonds. The van der Waals surface area contributed by atoms with E-state index < -0.39 is 0 Å². The molecule has 0 atom stereocenters. The first-order chi connectivity index (χ1) is 5.84. The average Bonchev–Trinajstić information content (AvgIpc) is 2.09. The fraction of sp³-hybridized carbons (Fsp3) is 0.222. The molecule has 0 unspecified atom stereocenters. The van der Waals surface area contributed by atoms with Gasteiger partial charge >= 0.3 is 0 Å². The Morgan fingerprint density at radius 3 is 3.17 bits per heavy atom. The molecule has 0 saturated carbocycles. The van der Waals surface area contributed by atoms with Gasteiger partial charge in [0.1, 0.15) is 0 Å². The van der Waals surface area contributed by atoms with Crippen LogP contribution in [0, 0.1) is 0 Å². The molecular weight excluding hydrogens is 152 g/mol. The van der Waals surface area contributed by atoms with Crippen molar-refractivity contribution in [3.8, 4) is 0 Å². The van der Waals surface area contributed by atoms with Gasteiger partial charge in [-0.25, -0.2) is 0 Å². The molecule has 0 fully saturated rings. The van der Waals surface area contributed by atoms with Crippen LogP contribution in [0.1, 0.15) is 5.56 Å². The van der Waals surface area contributed by atoms with Crippen molar-refractivity contribution >= 4 is 6.08 Å². The normalized spacial score (nSPS) is 10.8.